The molecule has 1 fully saturated rings. The normalized spacial score (nSPS) is 20.3. The number of carboxylic acids is 1. The summed E-state index contributed by atoms with van der Waals surface area (Å²) in [5.74, 6) is -1.89. The van der Waals surface area contributed by atoms with E-state index in [-0.39, 0.29) is 22.7 Å². The van der Waals surface area contributed by atoms with Crippen LogP contribution in [0.2, 0.25) is 0 Å². The smallest absolute Gasteiger partial charge is 0.352 e. The van der Waals surface area contributed by atoms with E-state index in [1.807, 2.05) is 6.92 Å². The van der Waals surface area contributed by atoms with Crippen LogP contribution in [0.5, 0.6) is 5.75 Å². The van der Waals surface area contributed by atoms with Gasteiger partial charge in [-0.25, -0.2) is 4.79 Å². The van der Waals surface area contributed by atoms with Crippen molar-refractivity contribution in [2.75, 3.05) is 11.5 Å². The number of aromatic nitrogens is 2. The minimum atomic E-state index is -1.22. The lowest BCUT2D eigenvalue weighted by molar-refractivity contribution is -0.150. The molecule has 172 valence electrons. The first-order valence-corrected chi connectivity index (χ1v) is 12.3. The van der Waals surface area contributed by atoms with Crippen molar-refractivity contribution in [3.8, 4) is 5.75 Å². The minimum Gasteiger partial charge on any atom is -0.508 e. The molecule has 0 saturated carbocycles. The zero-order valence-corrected chi connectivity index (χ0v) is 19.4. The van der Waals surface area contributed by atoms with E-state index in [9.17, 15) is 29.8 Å². The van der Waals surface area contributed by atoms with Crippen molar-refractivity contribution in [1.29, 1.82) is 0 Å². The third kappa shape index (κ3) is 4.54. The number of nitrogens with one attached hydrogen (secondary N) is 1. The first-order valence-electron chi connectivity index (χ1n) is 9.45. The predicted octanol–water partition coefficient (Wildman–Crippen LogP) is 1.26. The van der Waals surface area contributed by atoms with Gasteiger partial charge >= 0.3 is 5.97 Å². The molecule has 2 atom stereocenters. The zero-order valence-electron chi connectivity index (χ0n) is 17.0. The van der Waals surface area contributed by atoms with Gasteiger partial charge in [0.05, 0.1) is 0 Å². The average Bonchev–Trinajstić information content (AvgIpc) is 3.22. The number of carbonyl (C=O) groups excluding carboxylic acids is 2. The molecule has 1 unspecified atom stereocenters. The lowest BCUT2D eigenvalue weighted by Gasteiger charge is -2.49. The van der Waals surface area contributed by atoms with E-state index in [1.165, 1.54) is 64.0 Å². The Balaban J connectivity index is 1.47. The van der Waals surface area contributed by atoms with Crippen LogP contribution in [0.3, 0.4) is 0 Å². The number of carbonyl (C=O) groups is 3. The lowest BCUT2D eigenvalue weighted by atomic mass is 10.0. The van der Waals surface area contributed by atoms with Crippen molar-refractivity contribution >= 4 is 58.4 Å². The second-order valence-corrected chi connectivity index (χ2v) is 10.5. The molecule has 1 aromatic heterocycles. The molecule has 4 rings (SSSR count). The standard InChI is InChI=1S/C19H17N5O6S3/c1-8-21-22-19(33-8)32-7-10-6-31-17-13(16(27)24(17)14(10)18(28)29)20-15(26)12(23-30)9-2-4-11(25)5-3-9/h2-5,13,17,25,30H,6-7H2,1H3,(H,20,26)(H,28,29)/t13?,17-/m0/s1. The van der Waals surface area contributed by atoms with Crippen molar-refractivity contribution in [3.05, 3.63) is 46.1 Å². The number of aryl methyl sites for hydroxylation is 1. The molecule has 0 bridgehead atoms. The molecule has 1 saturated heterocycles. The monoisotopic (exact) mass is 507 g/mol. The van der Waals surface area contributed by atoms with E-state index in [1.54, 1.807) is 0 Å². The van der Waals surface area contributed by atoms with Gasteiger partial charge in [0.15, 0.2) is 10.1 Å². The Bertz CT molecular complexity index is 1180. The number of oxime groups is 1. The highest BCUT2D eigenvalue weighted by atomic mass is 32.2. The number of β-lactam (4-membered cyclic amide) rings is 1. The summed E-state index contributed by atoms with van der Waals surface area (Å²) in [7, 11) is 0. The second kappa shape index (κ2) is 9.41. The van der Waals surface area contributed by atoms with Gasteiger partial charge in [0.25, 0.3) is 11.8 Å². The SMILES string of the molecule is Cc1nnc(SCC2=C(C(=O)O)N3C(=O)C(NC(=O)C(=NO)c4ccc(O)cc4)[C@@H]3SC2)s1. The first kappa shape index (κ1) is 23.1. The van der Waals surface area contributed by atoms with E-state index in [2.05, 4.69) is 20.7 Å². The molecule has 2 aliphatic rings. The number of amides is 2. The number of hydrogen-bond acceptors (Lipinski definition) is 11. The summed E-state index contributed by atoms with van der Waals surface area (Å²) >= 11 is 4.10. The number of fused-ring (bicyclic) bond motifs is 1. The Hall–Kier alpha value is -3.10. The topological polar surface area (TPSA) is 165 Å². The lowest BCUT2D eigenvalue weighted by Crippen LogP contribution is -2.71. The number of aliphatic carboxylic acids is 1. The highest BCUT2D eigenvalue weighted by Gasteiger charge is 2.54. The van der Waals surface area contributed by atoms with Crippen LogP contribution in [0.15, 0.2) is 45.0 Å². The Morgan fingerprint density at radius 1 is 1.30 bits per heavy atom. The first-order chi connectivity index (χ1) is 15.8. The predicted molar refractivity (Wildman–Crippen MR) is 121 cm³/mol. The van der Waals surface area contributed by atoms with Gasteiger partial charge in [-0.3, -0.25) is 14.5 Å². The summed E-state index contributed by atoms with van der Waals surface area (Å²) in [5.41, 5.74) is 0.407. The molecule has 2 amide bonds. The molecule has 33 heavy (non-hydrogen) atoms. The summed E-state index contributed by atoms with van der Waals surface area (Å²) in [6.45, 7) is 1.83. The van der Waals surface area contributed by atoms with Crippen LogP contribution in [0.25, 0.3) is 0 Å². The third-order valence-electron chi connectivity index (χ3n) is 4.87. The maximum Gasteiger partial charge on any atom is 0.352 e. The molecule has 2 aliphatic heterocycles. The molecule has 1 aromatic carbocycles. The fourth-order valence-electron chi connectivity index (χ4n) is 3.34. The number of thioether (sulfide) groups is 2. The number of aromatic hydroxyl groups is 1. The summed E-state index contributed by atoms with van der Waals surface area (Å²) in [4.78, 5) is 38.6. The number of rotatable bonds is 7. The molecule has 2 aromatic rings. The van der Waals surface area contributed by atoms with Gasteiger partial charge in [-0.05, 0) is 36.8 Å². The molecular formula is C19H17N5O6S3. The molecule has 14 heteroatoms. The van der Waals surface area contributed by atoms with Gasteiger partial charge in [-0.2, -0.15) is 0 Å². The van der Waals surface area contributed by atoms with E-state index in [0.29, 0.717) is 21.4 Å². The fourth-order valence-corrected chi connectivity index (χ4v) is 6.64. The zero-order chi connectivity index (χ0) is 23.7. The third-order valence-corrected chi connectivity index (χ3v) is 8.27. The second-order valence-electron chi connectivity index (χ2n) is 6.99. The van der Waals surface area contributed by atoms with Crippen LogP contribution in [0, 0.1) is 6.92 Å². The number of hydrogen-bond donors (Lipinski definition) is 4. The maximum atomic E-state index is 12.8. The number of phenolic OH excluding ortho intramolecular Hbond substituents is 1. The van der Waals surface area contributed by atoms with Crippen molar-refractivity contribution in [2.24, 2.45) is 5.16 Å². The summed E-state index contributed by atoms with van der Waals surface area (Å²) in [6, 6.07) is 4.47. The number of nitrogens with zero attached hydrogens (tertiary/aromatic N) is 4. The molecule has 0 aliphatic carbocycles. The summed E-state index contributed by atoms with van der Waals surface area (Å²) in [6.07, 6.45) is 0. The van der Waals surface area contributed by atoms with Gasteiger partial charge in [-0.1, -0.05) is 28.3 Å². The maximum absolute atomic E-state index is 12.8. The Morgan fingerprint density at radius 3 is 2.64 bits per heavy atom. The highest BCUT2D eigenvalue weighted by Crippen LogP contribution is 2.41. The van der Waals surface area contributed by atoms with Crippen LogP contribution in [-0.2, 0) is 14.4 Å². The Labute approximate surface area is 199 Å². The van der Waals surface area contributed by atoms with E-state index in [4.69, 9.17) is 0 Å². The van der Waals surface area contributed by atoms with Crippen LogP contribution in [-0.4, -0.2) is 76.9 Å². The van der Waals surface area contributed by atoms with Crippen molar-refractivity contribution in [3.63, 3.8) is 0 Å². The highest BCUT2D eigenvalue weighted by molar-refractivity contribution is 8.01. The number of carboxylic acid groups (broad SMARTS) is 1. The van der Waals surface area contributed by atoms with Crippen LogP contribution >= 0.6 is 34.9 Å². The Morgan fingerprint density at radius 2 is 2.03 bits per heavy atom. The fraction of sp³-hybridized carbons (Fsp3) is 0.263. The van der Waals surface area contributed by atoms with E-state index < -0.39 is 29.2 Å². The summed E-state index contributed by atoms with van der Waals surface area (Å²) < 4.78 is 0.710. The van der Waals surface area contributed by atoms with Crippen molar-refractivity contribution in [2.45, 2.75) is 22.7 Å². The van der Waals surface area contributed by atoms with Gasteiger partial charge < -0.3 is 20.7 Å². The average molecular weight is 508 g/mol. The molecule has 4 N–H and O–H groups in total. The van der Waals surface area contributed by atoms with Gasteiger partial charge in [0, 0.05) is 17.1 Å². The molecule has 0 spiro atoms. The molecule has 3 heterocycles. The van der Waals surface area contributed by atoms with Gasteiger partial charge in [-0.15, -0.1) is 22.0 Å². The summed E-state index contributed by atoms with van der Waals surface area (Å²) in [5, 5.41) is 42.1. The van der Waals surface area contributed by atoms with Crippen LogP contribution in [0.1, 0.15) is 10.6 Å². The van der Waals surface area contributed by atoms with Gasteiger partial charge in [0.1, 0.15) is 27.9 Å². The van der Waals surface area contributed by atoms with Crippen LogP contribution < -0.4 is 5.32 Å². The number of phenols is 1. The Kier molecular flexibility index (Phi) is 6.58. The van der Waals surface area contributed by atoms with E-state index >= 15 is 0 Å². The molecule has 11 nitrogen and oxygen atoms in total. The van der Waals surface area contributed by atoms with Crippen molar-refractivity contribution < 1.29 is 29.8 Å². The number of benzene rings is 1. The van der Waals surface area contributed by atoms with E-state index in [0.717, 1.165) is 5.01 Å². The minimum absolute atomic E-state index is 0.0249. The molecule has 0 radical (unpaired) electrons. The van der Waals surface area contributed by atoms with Crippen LogP contribution in [0.4, 0.5) is 0 Å². The quantitative estimate of drug-likeness (QED) is 0.141. The van der Waals surface area contributed by atoms with Crippen molar-refractivity contribution in [1.82, 2.24) is 20.4 Å². The van der Waals surface area contributed by atoms with Gasteiger partial charge in [0.2, 0.25) is 0 Å². The largest absolute Gasteiger partial charge is 0.508 e. The molecular weight excluding hydrogens is 490 g/mol.